The van der Waals surface area contributed by atoms with Crippen molar-refractivity contribution in [2.45, 2.75) is 57.4 Å². The van der Waals surface area contributed by atoms with Gasteiger partial charge in [-0.2, -0.15) is 0 Å². The van der Waals surface area contributed by atoms with Crippen molar-refractivity contribution in [1.29, 1.82) is 0 Å². The smallest absolute Gasteiger partial charge is 0.253 e. The van der Waals surface area contributed by atoms with E-state index in [4.69, 9.17) is 0 Å². The molecule has 0 spiro atoms. The van der Waals surface area contributed by atoms with Crippen LogP contribution in [0.5, 0.6) is 0 Å². The van der Waals surface area contributed by atoms with Gasteiger partial charge in [0.15, 0.2) is 0 Å². The van der Waals surface area contributed by atoms with Gasteiger partial charge in [0, 0.05) is 47.1 Å². The number of hydrogen-bond donors (Lipinski definition) is 1. The topological polar surface area (TPSA) is 39.3 Å². The maximum Gasteiger partial charge on any atom is 0.253 e. The maximum absolute atomic E-state index is 13.1. The molecule has 0 unspecified atom stereocenters. The molecule has 2 aliphatic rings. The quantitative estimate of drug-likeness (QED) is 0.503. The summed E-state index contributed by atoms with van der Waals surface area (Å²) in [5.74, 6) is 0.201. The van der Waals surface area contributed by atoms with Crippen molar-refractivity contribution < 1.29 is 4.79 Å². The molecule has 28 heavy (non-hydrogen) atoms. The van der Waals surface area contributed by atoms with Crippen LogP contribution in [0.1, 0.15) is 60.9 Å². The van der Waals surface area contributed by atoms with E-state index in [1.54, 1.807) is 0 Å². The van der Waals surface area contributed by atoms with Crippen LogP contribution in [0.2, 0.25) is 0 Å². The third-order valence-electron chi connectivity index (χ3n) is 6.50. The van der Waals surface area contributed by atoms with E-state index in [1.165, 1.54) is 56.1 Å². The summed E-state index contributed by atoms with van der Waals surface area (Å²) >= 11 is 3.51. The number of benzene rings is 1. The average Bonchev–Trinajstić information content (AvgIpc) is 3.16. The highest BCUT2D eigenvalue weighted by Gasteiger charge is 2.28. The third-order valence-corrected chi connectivity index (χ3v) is 7.06. The van der Waals surface area contributed by atoms with Gasteiger partial charge >= 0.3 is 0 Å². The molecule has 0 aliphatic carbocycles. The van der Waals surface area contributed by atoms with Gasteiger partial charge in [0.2, 0.25) is 0 Å². The molecule has 2 aromatic rings. The number of likely N-dealkylation sites (tertiary alicyclic amines) is 2. The fraction of sp³-hybridized carbons (Fsp3) is 0.609. The van der Waals surface area contributed by atoms with Crippen molar-refractivity contribution in [2.75, 3.05) is 31.5 Å². The highest BCUT2D eigenvalue weighted by atomic mass is 79.9. The zero-order chi connectivity index (χ0) is 19.3. The second-order valence-electron chi connectivity index (χ2n) is 8.34. The molecule has 0 atom stereocenters. The number of rotatable bonds is 6. The number of hydrogen-bond acceptors (Lipinski definition) is 2. The Kier molecular flexibility index (Phi) is 6.73. The van der Waals surface area contributed by atoms with Gasteiger partial charge in [0.1, 0.15) is 0 Å². The van der Waals surface area contributed by atoms with Crippen LogP contribution in [0.15, 0.2) is 24.4 Å². The summed E-state index contributed by atoms with van der Waals surface area (Å²) in [5.41, 5.74) is 3.30. The number of carbonyl (C=O) groups excluding carboxylic acids is 1. The minimum atomic E-state index is 0.201. The second-order valence-corrected chi connectivity index (χ2v) is 9.13. The molecular formula is C23H32BrN3O. The lowest BCUT2D eigenvalue weighted by Crippen LogP contribution is -2.48. The predicted molar refractivity (Wildman–Crippen MR) is 119 cm³/mol. The minimum absolute atomic E-state index is 0.201. The number of aromatic amines is 1. The van der Waals surface area contributed by atoms with Crippen LogP contribution >= 0.6 is 15.9 Å². The normalized spacial score (nSPS) is 19.4. The fourth-order valence-electron chi connectivity index (χ4n) is 4.83. The monoisotopic (exact) mass is 445 g/mol. The molecule has 1 aromatic carbocycles. The maximum atomic E-state index is 13.1. The molecule has 4 nitrogen and oxygen atoms in total. The van der Waals surface area contributed by atoms with Crippen molar-refractivity contribution >= 4 is 32.7 Å². The standard InChI is InChI=1S/C23H32BrN3O/c24-11-3-2-6-19-17-25-22-8-7-18(16-21(19)22)23(28)27-14-9-20(10-15-27)26-12-4-1-5-13-26/h7-8,16-17,20,25H,1-6,9-15H2. The van der Waals surface area contributed by atoms with E-state index in [9.17, 15) is 4.79 Å². The molecular weight excluding hydrogens is 414 g/mol. The first kappa shape index (κ1) is 20.0. The second kappa shape index (κ2) is 9.45. The summed E-state index contributed by atoms with van der Waals surface area (Å²) in [7, 11) is 0. The molecule has 1 amide bonds. The molecule has 1 aromatic heterocycles. The lowest BCUT2D eigenvalue weighted by atomic mass is 9.99. The number of amides is 1. The zero-order valence-electron chi connectivity index (χ0n) is 16.8. The molecule has 2 saturated heterocycles. The van der Waals surface area contributed by atoms with E-state index in [0.717, 1.165) is 48.8 Å². The first-order valence-corrected chi connectivity index (χ1v) is 12.1. The summed E-state index contributed by atoms with van der Waals surface area (Å²) < 4.78 is 0. The Balaban J connectivity index is 1.40. The Hall–Kier alpha value is -1.33. The first-order chi connectivity index (χ1) is 13.8. The van der Waals surface area contributed by atoms with Gasteiger partial charge in [-0.25, -0.2) is 0 Å². The van der Waals surface area contributed by atoms with Gasteiger partial charge in [0.25, 0.3) is 5.91 Å². The third kappa shape index (κ3) is 4.46. The Bertz CT molecular complexity index is 788. The highest BCUT2D eigenvalue weighted by Crippen LogP contribution is 2.25. The minimum Gasteiger partial charge on any atom is -0.361 e. The van der Waals surface area contributed by atoms with Crippen molar-refractivity contribution in [3.8, 4) is 0 Å². The summed E-state index contributed by atoms with van der Waals surface area (Å²) in [5, 5.41) is 2.26. The summed E-state index contributed by atoms with van der Waals surface area (Å²) in [6.07, 6.45) is 11.8. The molecule has 0 bridgehead atoms. The number of fused-ring (bicyclic) bond motifs is 1. The average molecular weight is 446 g/mol. The number of H-pyrrole nitrogens is 1. The molecule has 152 valence electrons. The molecule has 0 radical (unpaired) electrons. The molecule has 1 N–H and O–H groups in total. The van der Waals surface area contributed by atoms with Crippen molar-refractivity contribution in [3.05, 3.63) is 35.5 Å². The van der Waals surface area contributed by atoms with E-state index in [2.05, 4.69) is 49.0 Å². The molecule has 4 rings (SSSR count). The molecule has 2 aliphatic heterocycles. The molecule has 0 saturated carbocycles. The van der Waals surface area contributed by atoms with Crippen molar-refractivity contribution in [1.82, 2.24) is 14.8 Å². The Labute approximate surface area is 176 Å². The predicted octanol–water partition coefficient (Wildman–Crippen LogP) is 4.98. The lowest BCUT2D eigenvalue weighted by Gasteiger charge is -2.40. The number of halogens is 1. The number of alkyl halides is 1. The lowest BCUT2D eigenvalue weighted by molar-refractivity contribution is 0.0590. The molecule has 2 fully saturated rings. The van der Waals surface area contributed by atoms with Gasteiger partial charge in [-0.05, 0) is 81.8 Å². The highest BCUT2D eigenvalue weighted by molar-refractivity contribution is 9.09. The summed E-state index contributed by atoms with van der Waals surface area (Å²) in [6.45, 7) is 4.29. The van der Waals surface area contributed by atoms with Crippen molar-refractivity contribution in [3.63, 3.8) is 0 Å². The van der Waals surface area contributed by atoms with Crippen LogP contribution in [0.3, 0.4) is 0 Å². The summed E-state index contributed by atoms with van der Waals surface area (Å²) in [6, 6.07) is 6.84. The Morgan fingerprint density at radius 1 is 1.07 bits per heavy atom. The van der Waals surface area contributed by atoms with Gasteiger partial charge in [0.05, 0.1) is 0 Å². The number of nitrogens with zero attached hydrogens (tertiary/aromatic N) is 2. The van der Waals surface area contributed by atoms with Gasteiger partial charge in [-0.15, -0.1) is 0 Å². The van der Waals surface area contributed by atoms with Gasteiger partial charge in [-0.1, -0.05) is 22.4 Å². The van der Waals surface area contributed by atoms with E-state index in [-0.39, 0.29) is 5.91 Å². The van der Waals surface area contributed by atoms with Crippen LogP contribution in [-0.2, 0) is 6.42 Å². The Morgan fingerprint density at radius 2 is 1.86 bits per heavy atom. The molecule has 3 heterocycles. The fourth-order valence-corrected chi connectivity index (χ4v) is 5.22. The molecule has 5 heteroatoms. The number of unbranched alkanes of at least 4 members (excludes halogenated alkanes) is 1. The van der Waals surface area contributed by atoms with Gasteiger partial charge in [-0.3, -0.25) is 4.79 Å². The van der Waals surface area contributed by atoms with Crippen molar-refractivity contribution in [2.24, 2.45) is 0 Å². The van der Waals surface area contributed by atoms with Crippen LogP contribution in [0.4, 0.5) is 0 Å². The number of aromatic nitrogens is 1. The SMILES string of the molecule is O=C(c1ccc2[nH]cc(CCCCBr)c2c1)N1CCC(N2CCCCC2)CC1. The van der Waals surface area contributed by atoms with Crippen LogP contribution in [0.25, 0.3) is 10.9 Å². The van der Waals surface area contributed by atoms with E-state index >= 15 is 0 Å². The van der Waals surface area contributed by atoms with Crippen LogP contribution in [0, 0.1) is 0 Å². The van der Waals surface area contributed by atoms with E-state index in [1.807, 2.05) is 6.07 Å². The number of carbonyl (C=O) groups is 1. The first-order valence-electron chi connectivity index (χ1n) is 11.0. The summed E-state index contributed by atoms with van der Waals surface area (Å²) in [4.78, 5) is 21.2. The zero-order valence-corrected chi connectivity index (χ0v) is 18.3. The number of nitrogens with one attached hydrogen (secondary N) is 1. The van der Waals surface area contributed by atoms with Crippen LogP contribution in [-0.4, -0.2) is 58.2 Å². The van der Waals surface area contributed by atoms with E-state index in [0.29, 0.717) is 6.04 Å². The Morgan fingerprint density at radius 3 is 2.61 bits per heavy atom. The van der Waals surface area contributed by atoms with Gasteiger partial charge < -0.3 is 14.8 Å². The number of piperidine rings is 2. The van der Waals surface area contributed by atoms with Crippen LogP contribution < -0.4 is 0 Å². The van der Waals surface area contributed by atoms with E-state index < -0.39 is 0 Å². The number of aryl methyl sites for hydroxylation is 1. The largest absolute Gasteiger partial charge is 0.361 e.